The van der Waals surface area contributed by atoms with Crippen molar-refractivity contribution in [1.29, 1.82) is 0 Å². The van der Waals surface area contributed by atoms with Crippen molar-refractivity contribution in [3.63, 3.8) is 0 Å². The van der Waals surface area contributed by atoms with Crippen LogP contribution < -0.4 is 5.32 Å². The van der Waals surface area contributed by atoms with Crippen LogP contribution in [0.2, 0.25) is 0 Å². The van der Waals surface area contributed by atoms with Gasteiger partial charge in [-0.3, -0.25) is 14.9 Å². The number of amides is 1. The molecule has 6 nitrogen and oxygen atoms in total. The van der Waals surface area contributed by atoms with Gasteiger partial charge in [0.2, 0.25) is 5.91 Å². The van der Waals surface area contributed by atoms with Gasteiger partial charge in [-0.25, -0.2) is 0 Å². The summed E-state index contributed by atoms with van der Waals surface area (Å²) in [6.07, 6.45) is -0.0625. The zero-order valence-electron chi connectivity index (χ0n) is 12.5. The van der Waals surface area contributed by atoms with Gasteiger partial charge in [0.1, 0.15) is 0 Å². The Balaban J connectivity index is 1.77. The Morgan fingerprint density at radius 3 is 2.35 bits per heavy atom. The Morgan fingerprint density at radius 2 is 1.74 bits per heavy atom. The number of aliphatic hydroxyl groups excluding tert-OH is 1. The molecule has 0 saturated heterocycles. The van der Waals surface area contributed by atoms with Crippen LogP contribution in [0.25, 0.3) is 0 Å². The first-order valence-electron chi connectivity index (χ1n) is 7.26. The molecule has 0 saturated carbocycles. The fraction of sp³-hybridized carbons (Fsp3) is 0.235. The first kappa shape index (κ1) is 16.6. The molecule has 2 N–H and O–H groups in total. The molecule has 0 aromatic heterocycles. The summed E-state index contributed by atoms with van der Waals surface area (Å²) in [4.78, 5) is 21.9. The van der Waals surface area contributed by atoms with Crippen molar-refractivity contribution in [3.8, 4) is 0 Å². The Labute approximate surface area is 133 Å². The monoisotopic (exact) mass is 314 g/mol. The van der Waals surface area contributed by atoms with Gasteiger partial charge in [-0.15, -0.1) is 0 Å². The average molecular weight is 314 g/mol. The van der Waals surface area contributed by atoms with E-state index in [2.05, 4.69) is 5.32 Å². The first-order valence-corrected chi connectivity index (χ1v) is 7.26. The average Bonchev–Trinajstić information content (AvgIpc) is 2.54. The predicted octanol–water partition coefficient (Wildman–Crippen LogP) is 1.86. The molecule has 0 unspecified atom stereocenters. The molecule has 0 radical (unpaired) electrons. The van der Waals surface area contributed by atoms with Crippen molar-refractivity contribution in [2.24, 2.45) is 0 Å². The molecule has 0 fully saturated rings. The highest BCUT2D eigenvalue weighted by Crippen LogP contribution is 2.12. The van der Waals surface area contributed by atoms with E-state index >= 15 is 0 Å². The van der Waals surface area contributed by atoms with E-state index in [1.807, 2.05) is 30.3 Å². The van der Waals surface area contributed by atoms with Gasteiger partial charge in [0.15, 0.2) is 0 Å². The molecular weight excluding hydrogens is 296 g/mol. The predicted molar refractivity (Wildman–Crippen MR) is 86.0 cm³/mol. The molecule has 0 aliphatic rings. The molecule has 1 amide bonds. The fourth-order valence-electron chi connectivity index (χ4n) is 2.17. The van der Waals surface area contributed by atoms with E-state index in [4.69, 9.17) is 0 Å². The highest BCUT2D eigenvalue weighted by Gasteiger charge is 2.10. The van der Waals surface area contributed by atoms with Crippen LogP contribution in [-0.2, 0) is 17.6 Å². The number of nitro groups is 1. The lowest BCUT2D eigenvalue weighted by Gasteiger charge is -2.12. The van der Waals surface area contributed by atoms with Gasteiger partial charge in [-0.1, -0.05) is 42.5 Å². The normalized spacial score (nSPS) is 11.7. The molecule has 2 aromatic rings. The number of nitrogens with one attached hydrogen (secondary N) is 1. The lowest BCUT2D eigenvalue weighted by atomic mass is 10.1. The van der Waals surface area contributed by atoms with E-state index in [1.165, 1.54) is 12.1 Å². The maximum absolute atomic E-state index is 11.8. The zero-order valence-corrected chi connectivity index (χ0v) is 12.5. The Hall–Kier alpha value is -2.73. The molecule has 2 aromatic carbocycles. The smallest absolute Gasteiger partial charge is 0.269 e. The van der Waals surface area contributed by atoms with Crippen molar-refractivity contribution in [3.05, 3.63) is 75.8 Å². The number of benzene rings is 2. The van der Waals surface area contributed by atoms with E-state index in [-0.39, 0.29) is 24.6 Å². The van der Waals surface area contributed by atoms with Crippen molar-refractivity contribution in [2.75, 3.05) is 6.54 Å². The van der Waals surface area contributed by atoms with E-state index in [9.17, 15) is 20.0 Å². The number of hydrogen-bond acceptors (Lipinski definition) is 4. The minimum Gasteiger partial charge on any atom is -0.391 e. The molecule has 0 aliphatic carbocycles. The number of hydrogen-bond donors (Lipinski definition) is 2. The molecule has 0 aliphatic heterocycles. The first-order chi connectivity index (χ1) is 11.0. The number of nitrogens with zero attached hydrogens (tertiary/aromatic N) is 1. The van der Waals surface area contributed by atoms with E-state index in [1.54, 1.807) is 12.1 Å². The van der Waals surface area contributed by atoms with Gasteiger partial charge < -0.3 is 10.4 Å². The van der Waals surface area contributed by atoms with Gasteiger partial charge in [0, 0.05) is 25.1 Å². The molecule has 0 heterocycles. The molecule has 23 heavy (non-hydrogen) atoms. The van der Waals surface area contributed by atoms with Crippen molar-refractivity contribution in [1.82, 2.24) is 5.32 Å². The molecule has 120 valence electrons. The summed E-state index contributed by atoms with van der Waals surface area (Å²) in [5.74, 6) is -0.231. The summed E-state index contributed by atoms with van der Waals surface area (Å²) < 4.78 is 0. The molecule has 0 spiro atoms. The van der Waals surface area contributed by atoms with Gasteiger partial charge in [-0.05, 0) is 11.1 Å². The largest absolute Gasteiger partial charge is 0.391 e. The van der Waals surface area contributed by atoms with E-state index < -0.39 is 11.0 Å². The van der Waals surface area contributed by atoms with Crippen molar-refractivity contribution >= 4 is 11.6 Å². The van der Waals surface area contributed by atoms with Crippen LogP contribution in [0.4, 0.5) is 5.69 Å². The molecule has 2 rings (SSSR count). The van der Waals surface area contributed by atoms with Gasteiger partial charge in [0.05, 0.1) is 17.4 Å². The summed E-state index contributed by atoms with van der Waals surface area (Å²) in [7, 11) is 0. The highest BCUT2D eigenvalue weighted by atomic mass is 16.6. The van der Waals surface area contributed by atoms with E-state index in [0.29, 0.717) is 12.0 Å². The third-order valence-corrected chi connectivity index (χ3v) is 3.36. The van der Waals surface area contributed by atoms with Gasteiger partial charge >= 0.3 is 0 Å². The Bertz CT molecular complexity index is 656. The van der Waals surface area contributed by atoms with Crippen LogP contribution >= 0.6 is 0 Å². The van der Waals surface area contributed by atoms with Crippen LogP contribution in [0.3, 0.4) is 0 Å². The summed E-state index contributed by atoms with van der Waals surface area (Å²) >= 11 is 0. The number of carbonyl (C=O) groups excluding carboxylic acids is 1. The SMILES string of the molecule is O=C(Cc1ccc([N+](=O)[O-])cc1)NC[C@H](O)Cc1ccccc1. The topological polar surface area (TPSA) is 92.5 Å². The third-order valence-electron chi connectivity index (χ3n) is 3.36. The summed E-state index contributed by atoms with van der Waals surface area (Å²) in [6, 6.07) is 15.4. The highest BCUT2D eigenvalue weighted by molar-refractivity contribution is 5.78. The van der Waals surface area contributed by atoms with Crippen molar-refractivity contribution in [2.45, 2.75) is 18.9 Å². The van der Waals surface area contributed by atoms with Gasteiger partial charge in [0.25, 0.3) is 5.69 Å². The molecular formula is C17H18N2O4. The zero-order chi connectivity index (χ0) is 16.7. The second-order valence-corrected chi connectivity index (χ2v) is 5.25. The lowest BCUT2D eigenvalue weighted by molar-refractivity contribution is -0.384. The standard InChI is InChI=1S/C17H18N2O4/c20-16(10-13-4-2-1-3-5-13)12-18-17(21)11-14-6-8-15(9-7-14)19(22)23/h1-9,16,20H,10-12H2,(H,18,21)/t16-/m1/s1. The van der Waals surface area contributed by atoms with Crippen LogP contribution in [-0.4, -0.2) is 28.6 Å². The summed E-state index contributed by atoms with van der Waals surface area (Å²) in [5, 5.41) is 23.2. The maximum atomic E-state index is 11.8. The van der Waals surface area contributed by atoms with Crippen LogP contribution in [0.5, 0.6) is 0 Å². The molecule has 6 heteroatoms. The van der Waals surface area contributed by atoms with Crippen LogP contribution in [0, 0.1) is 10.1 Å². The number of carbonyl (C=O) groups is 1. The van der Waals surface area contributed by atoms with Crippen LogP contribution in [0.1, 0.15) is 11.1 Å². The second kappa shape index (κ2) is 8.05. The minimum atomic E-state index is -0.654. The Kier molecular flexibility index (Phi) is 5.82. The second-order valence-electron chi connectivity index (χ2n) is 5.25. The molecule has 0 bridgehead atoms. The number of rotatable bonds is 7. The number of aliphatic hydroxyl groups is 1. The fourth-order valence-corrected chi connectivity index (χ4v) is 2.17. The lowest BCUT2D eigenvalue weighted by Crippen LogP contribution is -2.34. The maximum Gasteiger partial charge on any atom is 0.269 e. The van der Waals surface area contributed by atoms with Crippen LogP contribution in [0.15, 0.2) is 54.6 Å². The van der Waals surface area contributed by atoms with Gasteiger partial charge in [-0.2, -0.15) is 0 Å². The van der Waals surface area contributed by atoms with Crippen molar-refractivity contribution < 1.29 is 14.8 Å². The van der Waals surface area contributed by atoms with E-state index in [0.717, 1.165) is 5.56 Å². The third kappa shape index (κ3) is 5.52. The Morgan fingerprint density at radius 1 is 1.09 bits per heavy atom. The number of nitro benzene ring substituents is 1. The summed E-state index contributed by atoms with van der Waals surface area (Å²) in [6.45, 7) is 0.167. The quantitative estimate of drug-likeness (QED) is 0.602. The molecule has 1 atom stereocenters. The summed E-state index contributed by atoms with van der Waals surface area (Å²) in [5.41, 5.74) is 1.68. The minimum absolute atomic E-state index is 0.00700. The number of non-ortho nitro benzene ring substituents is 1.